The van der Waals surface area contributed by atoms with Gasteiger partial charge >= 0.3 is 0 Å². The standard InChI is InChI=1S/C20H17FN4O3/c21-15-3-1-2-14-18(15)22-11-23-19(14)24-6-8-25(9-7-24)20(26)13-4-5-16-17(10-13)28-12-27-16/h1-5,10-11H,6-9,12H2. The van der Waals surface area contributed by atoms with E-state index in [0.717, 1.165) is 0 Å². The number of para-hydroxylation sites is 1. The molecular weight excluding hydrogens is 363 g/mol. The third-order valence-electron chi connectivity index (χ3n) is 5.08. The van der Waals surface area contributed by atoms with Crippen LogP contribution >= 0.6 is 0 Å². The van der Waals surface area contributed by atoms with Gasteiger partial charge < -0.3 is 19.3 Å². The quantitative estimate of drug-likeness (QED) is 0.680. The molecule has 7 nitrogen and oxygen atoms in total. The van der Waals surface area contributed by atoms with Crippen LogP contribution in [0.4, 0.5) is 10.2 Å². The fourth-order valence-corrected chi connectivity index (χ4v) is 3.62. The Morgan fingerprint density at radius 2 is 1.82 bits per heavy atom. The van der Waals surface area contributed by atoms with Crippen molar-refractivity contribution in [1.29, 1.82) is 0 Å². The van der Waals surface area contributed by atoms with Gasteiger partial charge in [-0.15, -0.1) is 0 Å². The summed E-state index contributed by atoms with van der Waals surface area (Å²) in [5, 5.41) is 0.679. The van der Waals surface area contributed by atoms with E-state index in [9.17, 15) is 9.18 Å². The molecule has 1 amide bonds. The van der Waals surface area contributed by atoms with Crippen molar-refractivity contribution >= 4 is 22.6 Å². The lowest BCUT2D eigenvalue weighted by Crippen LogP contribution is -2.49. The van der Waals surface area contributed by atoms with Crippen LogP contribution in [0, 0.1) is 5.82 Å². The molecule has 2 aliphatic rings. The second-order valence-corrected chi connectivity index (χ2v) is 6.68. The molecule has 28 heavy (non-hydrogen) atoms. The number of hydrogen-bond donors (Lipinski definition) is 0. The second-order valence-electron chi connectivity index (χ2n) is 6.68. The normalized spacial score (nSPS) is 15.9. The van der Waals surface area contributed by atoms with E-state index in [0.29, 0.717) is 60.0 Å². The molecule has 0 N–H and O–H groups in total. The number of anilines is 1. The number of ether oxygens (including phenoxy) is 2. The van der Waals surface area contributed by atoms with Gasteiger partial charge in [0.2, 0.25) is 6.79 Å². The molecule has 8 heteroatoms. The molecular formula is C20H17FN4O3. The first-order valence-electron chi connectivity index (χ1n) is 9.04. The van der Waals surface area contributed by atoms with Gasteiger partial charge in [0.1, 0.15) is 23.5 Å². The van der Waals surface area contributed by atoms with E-state index in [1.165, 1.54) is 12.4 Å². The summed E-state index contributed by atoms with van der Waals surface area (Å²) in [7, 11) is 0. The van der Waals surface area contributed by atoms with Crippen molar-refractivity contribution in [3.63, 3.8) is 0 Å². The van der Waals surface area contributed by atoms with Crippen molar-refractivity contribution in [3.8, 4) is 11.5 Å². The van der Waals surface area contributed by atoms with Crippen molar-refractivity contribution in [2.24, 2.45) is 0 Å². The van der Waals surface area contributed by atoms with Crippen molar-refractivity contribution in [2.45, 2.75) is 0 Å². The highest BCUT2D eigenvalue weighted by atomic mass is 19.1. The van der Waals surface area contributed by atoms with E-state index in [-0.39, 0.29) is 18.5 Å². The SMILES string of the molecule is O=C(c1ccc2c(c1)OCO2)N1CCN(c2ncnc3c(F)cccc23)CC1. The molecule has 0 spiro atoms. The fourth-order valence-electron chi connectivity index (χ4n) is 3.62. The Balaban J connectivity index is 1.33. The number of nitrogens with zero attached hydrogens (tertiary/aromatic N) is 4. The smallest absolute Gasteiger partial charge is 0.254 e. The summed E-state index contributed by atoms with van der Waals surface area (Å²) < 4.78 is 24.7. The summed E-state index contributed by atoms with van der Waals surface area (Å²) in [5.41, 5.74) is 0.888. The van der Waals surface area contributed by atoms with Crippen molar-refractivity contribution < 1.29 is 18.7 Å². The molecule has 3 heterocycles. The number of carbonyl (C=O) groups is 1. The average molecular weight is 380 g/mol. The Morgan fingerprint density at radius 3 is 2.68 bits per heavy atom. The fraction of sp³-hybridized carbons (Fsp3) is 0.250. The van der Waals surface area contributed by atoms with Crippen LogP contribution in [-0.4, -0.2) is 53.7 Å². The Labute approximate surface area is 160 Å². The number of rotatable bonds is 2. The van der Waals surface area contributed by atoms with Gasteiger partial charge in [-0.05, 0) is 30.3 Å². The molecule has 0 radical (unpaired) electrons. The van der Waals surface area contributed by atoms with Crippen LogP contribution in [0.5, 0.6) is 11.5 Å². The molecule has 0 bridgehead atoms. The van der Waals surface area contributed by atoms with E-state index < -0.39 is 0 Å². The number of carbonyl (C=O) groups excluding carboxylic acids is 1. The molecule has 0 atom stereocenters. The van der Waals surface area contributed by atoms with Gasteiger partial charge in [-0.2, -0.15) is 0 Å². The van der Waals surface area contributed by atoms with Gasteiger partial charge in [-0.3, -0.25) is 4.79 Å². The number of amides is 1. The van der Waals surface area contributed by atoms with Gasteiger partial charge in [0.05, 0.1) is 0 Å². The zero-order valence-corrected chi connectivity index (χ0v) is 15.0. The maximum atomic E-state index is 14.0. The summed E-state index contributed by atoms with van der Waals surface area (Å²) in [6.45, 7) is 2.50. The van der Waals surface area contributed by atoms with Crippen LogP contribution in [0.3, 0.4) is 0 Å². The number of piperazine rings is 1. The Kier molecular flexibility index (Phi) is 3.96. The van der Waals surface area contributed by atoms with Crippen LogP contribution in [0.1, 0.15) is 10.4 Å². The minimum Gasteiger partial charge on any atom is -0.454 e. The van der Waals surface area contributed by atoms with E-state index in [1.54, 1.807) is 29.2 Å². The second kappa shape index (κ2) is 6.63. The summed E-state index contributed by atoms with van der Waals surface area (Å²) in [5.74, 6) is 1.54. The van der Waals surface area contributed by atoms with Crippen molar-refractivity contribution in [3.05, 3.63) is 54.1 Å². The molecule has 0 unspecified atom stereocenters. The lowest BCUT2D eigenvalue weighted by Gasteiger charge is -2.35. The number of fused-ring (bicyclic) bond motifs is 2. The van der Waals surface area contributed by atoms with Gasteiger partial charge in [-0.1, -0.05) is 6.07 Å². The first kappa shape index (κ1) is 16.7. The average Bonchev–Trinajstić information content (AvgIpc) is 3.21. The molecule has 0 aliphatic carbocycles. The van der Waals surface area contributed by atoms with Gasteiger partial charge in [-0.25, -0.2) is 14.4 Å². The maximum Gasteiger partial charge on any atom is 0.254 e. The van der Waals surface area contributed by atoms with E-state index in [4.69, 9.17) is 9.47 Å². The monoisotopic (exact) mass is 380 g/mol. The summed E-state index contributed by atoms with van der Waals surface area (Å²) in [4.78, 5) is 25.1. The summed E-state index contributed by atoms with van der Waals surface area (Å²) in [6, 6.07) is 10.1. The lowest BCUT2D eigenvalue weighted by molar-refractivity contribution is 0.0746. The van der Waals surface area contributed by atoms with E-state index >= 15 is 0 Å². The zero-order valence-electron chi connectivity index (χ0n) is 15.0. The van der Waals surface area contributed by atoms with Crippen LogP contribution in [-0.2, 0) is 0 Å². The summed E-state index contributed by atoms with van der Waals surface area (Å²) in [6.07, 6.45) is 1.38. The predicted molar refractivity (Wildman–Crippen MR) is 100 cm³/mol. The van der Waals surface area contributed by atoms with Crippen molar-refractivity contribution in [1.82, 2.24) is 14.9 Å². The van der Waals surface area contributed by atoms with Gasteiger partial charge in [0.15, 0.2) is 11.5 Å². The highest BCUT2D eigenvalue weighted by molar-refractivity contribution is 5.95. The molecule has 1 aromatic heterocycles. The molecule has 0 saturated carbocycles. The van der Waals surface area contributed by atoms with Crippen LogP contribution in [0.15, 0.2) is 42.7 Å². The zero-order chi connectivity index (χ0) is 19.1. The van der Waals surface area contributed by atoms with E-state index in [1.807, 2.05) is 6.07 Å². The van der Waals surface area contributed by atoms with Crippen LogP contribution < -0.4 is 14.4 Å². The number of halogens is 1. The predicted octanol–water partition coefficient (Wildman–Crippen LogP) is 2.46. The van der Waals surface area contributed by atoms with Crippen LogP contribution in [0.2, 0.25) is 0 Å². The highest BCUT2D eigenvalue weighted by Gasteiger charge is 2.25. The minimum atomic E-state index is -0.363. The van der Waals surface area contributed by atoms with Gasteiger partial charge in [0.25, 0.3) is 5.91 Å². The molecule has 142 valence electrons. The Morgan fingerprint density at radius 1 is 1.00 bits per heavy atom. The summed E-state index contributed by atoms with van der Waals surface area (Å²) >= 11 is 0. The first-order valence-corrected chi connectivity index (χ1v) is 9.04. The Hall–Kier alpha value is -3.42. The third-order valence-corrected chi connectivity index (χ3v) is 5.08. The third kappa shape index (κ3) is 2.77. The molecule has 2 aliphatic heterocycles. The van der Waals surface area contributed by atoms with Crippen LogP contribution in [0.25, 0.3) is 10.9 Å². The molecule has 1 fully saturated rings. The number of hydrogen-bond acceptors (Lipinski definition) is 6. The molecule has 5 rings (SSSR count). The largest absolute Gasteiger partial charge is 0.454 e. The Bertz CT molecular complexity index is 1070. The van der Waals surface area contributed by atoms with Gasteiger partial charge in [0, 0.05) is 37.1 Å². The minimum absolute atomic E-state index is 0.0449. The van der Waals surface area contributed by atoms with Crippen molar-refractivity contribution in [2.75, 3.05) is 37.9 Å². The number of benzene rings is 2. The molecule has 3 aromatic rings. The highest BCUT2D eigenvalue weighted by Crippen LogP contribution is 2.33. The first-order chi connectivity index (χ1) is 13.7. The molecule has 1 saturated heterocycles. The molecule has 2 aromatic carbocycles. The van der Waals surface area contributed by atoms with E-state index in [2.05, 4.69) is 14.9 Å². The lowest BCUT2D eigenvalue weighted by atomic mass is 10.1. The maximum absolute atomic E-state index is 14.0. The number of aromatic nitrogens is 2. The topological polar surface area (TPSA) is 67.8 Å².